The topological polar surface area (TPSA) is 46.5 Å². The maximum Gasteiger partial charge on any atom is 0.318 e. The van der Waals surface area contributed by atoms with Gasteiger partial charge in [0, 0.05) is 0 Å². The van der Waals surface area contributed by atoms with Crippen LogP contribution in [0.2, 0.25) is 0 Å². The molecule has 0 aromatic heterocycles. The second kappa shape index (κ2) is 4.45. The maximum absolute atomic E-state index is 11.7. The summed E-state index contributed by atoms with van der Waals surface area (Å²) < 4.78 is 4.79. The molecule has 82 valence electrons. The second-order valence-corrected chi connectivity index (χ2v) is 4.00. The van der Waals surface area contributed by atoms with E-state index < -0.39 is 17.7 Å². The van der Waals surface area contributed by atoms with Crippen molar-refractivity contribution in [1.29, 1.82) is 0 Å². The monoisotopic (exact) mass is 208 g/mol. The fourth-order valence-corrected chi connectivity index (χ4v) is 1.27. The molecule has 0 spiro atoms. The van der Waals surface area contributed by atoms with Crippen LogP contribution in [0.1, 0.15) is 26.3 Å². The van der Waals surface area contributed by atoms with Gasteiger partial charge in [-0.3, -0.25) is 4.79 Å². The van der Waals surface area contributed by atoms with E-state index in [9.17, 15) is 4.79 Å². The maximum atomic E-state index is 11.7. The molecule has 1 N–H and O–H groups in total. The fraction of sp³-hybridized carbons (Fsp3) is 0.417. The summed E-state index contributed by atoms with van der Waals surface area (Å²) in [6.07, 6.45) is -1.07. The molecule has 0 saturated heterocycles. The normalized spacial score (nSPS) is 13.3. The number of rotatable bonds is 3. The molecule has 1 aromatic rings. The first-order valence-electron chi connectivity index (χ1n) is 4.89. The summed E-state index contributed by atoms with van der Waals surface area (Å²) >= 11 is 0. The Balaban J connectivity index is 2.88. The number of aliphatic hydroxyl groups is 1. The number of aliphatic hydroxyl groups excluding tert-OH is 1. The molecule has 15 heavy (non-hydrogen) atoms. The van der Waals surface area contributed by atoms with Crippen molar-refractivity contribution in [2.45, 2.75) is 32.5 Å². The van der Waals surface area contributed by atoms with Crippen molar-refractivity contribution >= 4 is 5.97 Å². The Kier molecular flexibility index (Phi) is 3.48. The van der Waals surface area contributed by atoms with Crippen LogP contribution < -0.4 is 0 Å². The van der Waals surface area contributed by atoms with E-state index in [1.807, 2.05) is 30.3 Å². The molecule has 0 saturated carbocycles. The van der Waals surface area contributed by atoms with E-state index in [-0.39, 0.29) is 0 Å². The van der Waals surface area contributed by atoms with Crippen LogP contribution in [0.4, 0.5) is 0 Å². The minimum absolute atomic E-state index is 0.427. The van der Waals surface area contributed by atoms with E-state index in [1.54, 1.807) is 13.8 Å². The summed E-state index contributed by atoms with van der Waals surface area (Å²) in [5.74, 6) is -0.427. The van der Waals surface area contributed by atoms with Crippen LogP contribution in [-0.4, -0.2) is 17.4 Å². The predicted octanol–water partition coefficient (Wildman–Crippen LogP) is 1.85. The summed E-state index contributed by atoms with van der Waals surface area (Å²) in [7, 11) is 0. The first kappa shape index (κ1) is 11.7. The number of benzene rings is 1. The Bertz CT molecular complexity index is 328. The van der Waals surface area contributed by atoms with Gasteiger partial charge in [-0.2, -0.15) is 0 Å². The summed E-state index contributed by atoms with van der Waals surface area (Å²) in [5.41, 5.74) is 0.133. The first-order valence-corrected chi connectivity index (χ1v) is 4.89. The van der Waals surface area contributed by atoms with E-state index in [4.69, 9.17) is 9.84 Å². The van der Waals surface area contributed by atoms with Crippen molar-refractivity contribution in [3.8, 4) is 0 Å². The molecule has 0 aliphatic heterocycles. The number of ether oxygens (including phenoxy) is 1. The molecule has 0 heterocycles. The highest BCUT2D eigenvalue weighted by Crippen LogP contribution is 2.24. The summed E-state index contributed by atoms with van der Waals surface area (Å²) in [5, 5.41) is 8.99. The van der Waals surface area contributed by atoms with Crippen LogP contribution in [0.15, 0.2) is 30.3 Å². The molecule has 0 bridgehead atoms. The molecule has 1 atom stereocenters. The second-order valence-electron chi connectivity index (χ2n) is 4.00. The van der Waals surface area contributed by atoms with Crippen LogP contribution in [0.3, 0.4) is 0 Å². The minimum atomic E-state index is -1.07. The zero-order valence-electron chi connectivity index (χ0n) is 9.23. The van der Waals surface area contributed by atoms with Crippen molar-refractivity contribution in [2.75, 3.05) is 0 Å². The summed E-state index contributed by atoms with van der Waals surface area (Å²) in [6.45, 7) is 4.96. The van der Waals surface area contributed by atoms with Crippen molar-refractivity contribution in [3.63, 3.8) is 0 Å². The largest absolute Gasteiger partial charge is 0.436 e. The summed E-state index contributed by atoms with van der Waals surface area (Å²) in [6, 6.07) is 9.35. The molecule has 1 aromatic carbocycles. The summed E-state index contributed by atoms with van der Waals surface area (Å²) in [4.78, 5) is 11.7. The van der Waals surface area contributed by atoms with E-state index in [2.05, 4.69) is 0 Å². The van der Waals surface area contributed by atoms with E-state index in [0.29, 0.717) is 0 Å². The van der Waals surface area contributed by atoms with E-state index in [0.717, 1.165) is 5.56 Å². The molecule has 3 nitrogen and oxygen atoms in total. The van der Waals surface area contributed by atoms with Crippen LogP contribution in [0.25, 0.3) is 0 Å². The number of carbonyl (C=O) groups excluding carboxylic acids is 1. The van der Waals surface area contributed by atoms with Gasteiger partial charge >= 0.3 is 5.97 Å². The molecule has 3 heteroatoms. The lowest BCUT2D eigenvalue weighted by Gasteiger charge is -2.23. The van der Waals surface area contributed by atoms with Gasteiger partial charge in [0.2, 0.25) is 0 Å². The van der Waals surface area contributed by atoms with Gasteiger partial charge in [0.1, 0.15) is 0 Å². The molecule has 0 fully saturated rings. The minimum Gasteiger partial charge on any atom is -0.436 e. The van der Waals surface area contributed by atoms with Crippen molar-refractivity contribution in [2.24, 2.45) is 0 Å². The number of carbonyl (C=O) groups is 1. The highest BCUT2D eigenvalue weighted by atomic mass is 16.6. The number of hydrogen-bond acceptors (Lipinski definition) is 3. The van der Waals surface area contributed by atoms with Gasteiger partial charge < -0.3 is 9.84 Å². The first-order chi connectivity index (χ1) is 6.94. The highest BCUT2D eigenvalue weighted by Gasteiger charge is 2.32. The lowest BCUT2D eigenvalue weighted by atomic mass is 9.85. The molecule has 0 radical (unpaired) electrons. The van der Waals surface area contributed by atoms with Crippen molar-refractivity contribution in [1.82, 2.24) is 0 Å². The SMILES string of the molecule is CC(O)OC(=O)C(C)(C)c1ccccc1. The Morgan fingerprint density at radius 2 is 1.87 bits per heavy atom. The molecule has 1 unspecified atom stereocenters. The predicted molar refractivity (Wildman–Crippen MR) is 57.2 cm³/mol. The molecule has 0 amide bonds. The smallest absolute Gasteiger partial charge is 0.318 e. The Hall–Kier alpha value is -1.35. The average molecular weight is 208 g/mol. The van der Waals surface area contributed by atoms with Gasteiger partial charge in [-0.05, 0) is 26.3 Å². The van der Waals surface area contributed by atoms with Crippen molar-refractivity contribution in [3.05, 3.63) is 35.9 Å². The average Bonchev–Trinajstić information content (AvgIpc) is 2.18. The quantitative estimate of drug-likeness (QED) is 0.609. The standard InChI is InChI=1S/C12H16O3/c1-9(13)15-11(14)12(2,3)10-7-5-4-6-8-10/h4-9,13H,1-3H3. The number of esters is 1. The van der Waals surface area contributed by atoms with Gasteiger partial charge in [-0.1, -0.05) is 30.3 Å². The van der Waals surface area contributed by atoms with Gasteiger partial charge in [-0.15, -0.1) is 0 Å². The van der Waals surface area contributed by atoms with Crippen LogP contribution in [-0.2, 0) is 14.9 Å². The molecular formula is C12H16O3. The van der Waals surface area contributed by atoms with E-state index in [1.165, 1.54) is 6.92 Å². The van der Waals surface area contributed by atoms with Gasteiger partial charge in [-0.25, -0.2) is 0 Å². The Morgan fingerprint density at radius 3 is 2.33 bits per heavy atom. The third kappa shape index (κ3) is 2.80. The number of hydrogen-bond donors (Lipinski definition) is 1. The molecule has 0 aliphatic carbocycles. The zero-order valence-corrected chi connectivity index (χ0v) is 9.23. The Morgan fingerprint density at radius 1 is 1.33 bits per heavy atom. The van der Waals surface area contributed by atoms with Crippen molar-refractivity contribution < 1.29 is 14.6 Å². The molecule has 0 aliphatic rings. The molecule has 1 rings (SSSR count). The lowest BCUT2D eigenvalue weighted by Crippen LogP contribution is -2.33. The molecular weight excluding hydrogens is 192 g/mol. The lowest BCUT2D eigenvalue weighted by molar-refractivity contribution is -0.170. The fourth-order valence-electron chi connectivity index (χ4n) is 1.27. The highest BCUT2D eigenvalue weighted by molar-refractivity contribution is 5.82. The van der Waals surface area contributed by atoms with Gasteiger partial charge in [0.05, 0.1) is 5.41 Å². The zero-order chi connectivity index (χ0) is 11.5. The van der Waals surface area contributed by atoms with Crippen LogP contribution in [0.5, 0.6) is 0 Å². The van der Waals surface area contributed by atoms with Gasteiger partial charge in [0.25, 0.3) is 0 Å². The van der Waals surface area contributed by atoms with E-state index >= 15 is 0 Å². The van der Waals surface area contributed by atoms with Gasteiger partial charge in [0.15, 0.2) is 6.29 Å². The van der Waals surface area contributed by atoms with Crippen LogP contribution >= 0.6 is 0 Å². The third-order valence-corrected chi connectivity index (χ3v) is 2.28. The van der Waals surface area contributed by atoms with Crippen LogP contribution in [0, 0.1) is 0 Å². The Labute approximate surface area is 89.7 Å². The third-order valence-electron chi connectivity index (χ3n) is 2.28.